The lowest BCUT2D eigenvalue weighted by Crippen LogP contribution is -2.68. The molecule has 2 aliphatic rings. The zero-order valence-electron chi connectivity index (χ0n) is 76.7. The quantitative estimate of drug-likeness (QED) is 0.0121. The molecule has 0 unspecified atom stereocenters. The summed E-state index contributed by atoms with van der Waals surface area (Å²) in [6.45, 7) is 10.5. The molecular formula is C95H176FN2O22P. The molecule has 2 fully saturated rings. The number of aliphatic carboxylic acids is 1. The topological polar surface area (TPSA) is 356 Å². The number of rotatable bonds is 83. The summed E-state index contributed by atoms with van der Waals surface area (Å²) >= 11 is 0. The number of carbonyl (C=O) groups is 7. The van der Waals surface area contributed by atoms with Gasteiger partial charge in [-0.25, -0.2) is 13.8 Å². The minimum atomic E-state index is -5.71. The Hall–Kier alpha value is -3.91. The van der Waals surface area contributed by atoms with Crippen LogP contribution in [0.3, 0.4) is 0 Å². The number of esters is 4. The van der Waals surface area contributed by atoms with Gasteiger partial charge in [0.15, 0.2) is 24.6 Å². The van der Waals surface area contributed by atoms with Crippen molar-refractivity contribution in [3.05, 3.63) is 0 Å². The second-order valence-corrected chi connectivity index (χ2v) is 36.5. The first kappa shape index (κ1) is 113. The minimum absolute atomic E-state index is 0.0791. The highest BCUT2D eigenvalue weighted by molar-refractivity contribution is 7.46. The number of amides is 2. The number of carboxylic acid groups (broad SMARTS) is 1. The summed E-state index contributed by atoms with van der Waals surface area (Å²) in [4.78, 5) is 121. The van der Waals surface area contributed by atoms with Crippen LogP contribution in [-0.2, 0) is 75.8 Å². The molecule has 2 amide bonds. The highest BCUT2D eigenvalue weighted by atomic mass is 31.2. The van der Waals surface area contributed by atoms with Crippen molar-refractivity contribution in [3.63, 3.8) is 0 Å². The number of halogens is 1. The van der Waals surface area contributed by atoms with Gasteiger partial charge in [0.1, 0.15) is 55.4 Å². The fourth-order valence-electron chi connectivity index (χ4n) is 16.6. The molecule has 0 bridgehead atoms. The van der Waals surface area contributed by atoms with Gasteiger partial charge >= 0.3 is 37.7 Å². The van der Waals surface area contributed by atoms with E-state index in [1.165, 1.54) is 70.6 Å². The summed E-state index contributed by atoms with van der Waals surface area (Å²) in [5.41, 5.74) is 0. The number of aliphatic hydroxyl groups excluding tert-OH is 3. The largest absolute Gasteiger partial charge is 0.479 e. The van der Waals surface area contributed by atoms with Gasteiger partial charge in [-0.2, -0.15) is 0 Å². The zero-order valence-corrected chi connectivity index (χ0v) is 77.6. The third-order valence-corrected chi connectivity index (χ3v) is 24.4. The lowest BCUT2D eigenvalue weighted by atomic mass is 9.91. The Morgan fingerprint density at radius 1 is 0.372 bits per heavy atom. The molecule has 0 aromatic rings. The van der Waals surface area contributed by atoms with Crippen molar-refractivity contribution in [2.45, 2.75) is 551 Å². The summed E-state index contributed by atoms with van der Waals surface area (Å²) in [5, 5.41) is 51.1. The molecule has 0 aliphatic carbocycles. The standard InChI is InChI=1S/C95H176FN2O22P/c1-7-13-19-25-31-37-38-44-50-56-62-68-84(104)115-78(66-60-54-48-42-35-29-23-17-11-5)72-86(106)119-92-88(98-82(102)71-77(65-59-53-47-41-34-28-22-16-10-4)114-83(103)67-61-55-49-43-36-30-24-18-12-6)95(117-79(73-96)90(92)120-121(110,111)112)113-74-80-89(107)91(118-85(105)70-76(100)64-58-52-46-40-33-27-21-15-9-3)87(93(116-80)94(108)109)97-81(101)69-75(99)63-57-51-45-39-32-26-20-14-8-2/h75-80,87-93,95,99-100,107H,7-74H2,1-6H3,(H,97,101)(H,98,102)(H,108,109)(H2,110,111,112)/t75-,76-,77-,78-,79-,80-,87-,88-,89-,90-,91-,92-,93+,95-/m1/s1. The summed E-state index contributed by atoms with van der Waals surface area (Å²) in [6, 6.07) is -3.76. The molecule has 710 valence electrons. The molecule has 121 heavy (non-hydrogen) atoms. The van der Waals surface area contributed by atoms with Crippen LogP contribution < -0.4 is 10.6 Å². The number of alkyl halides is 1. The maximum absolute atomic E-state index is 16.0. The van der Waals surface area contributed by atoms with Gasteiger partial charge in [0, 0.05) is 12.8 Å². The van der Waals surface area contributed by atoms with Crippen molar-refractivity contribution in [2.24, 2.45) is 0 Å². The molecule has 0 spiro atoms. The number of carbonyl (C=O) groups excluding carboxylic acids is 6. The highest BCUT2D eigenvalue weighted by Crippen LogP contribution is 2.43. The molecule has 0 saturated carbocycles. The van der Waals surface area contributed by atoms with Crippen LogP contribution in [0, 0.1) is 0 Å². The molecule has 0 radical (unpaired) electrons. The molecule has 24 nitrogen and oxygen atoms in total. The Labute approximate surface area is 731 Å². The maximum Gasteiger partial charge on any atom is 0.470 e. The summed E-state index contributed by atoms with van der Waals surface area (Å²) < 4.78 is 77.4. The van der Waals surface area contributed by atoms with E-state index in [4.69, 9.17) is 37.7 Å². The minimum Gasteiger partial charge on any atom is -0.479 e. The number of nitrogens with one attached hydrogen (secondary N) is 2. The molecule has 0 aromatic heterocycles. The fourth-order valence-corrected chi connectivity index (χ4v) is 17.2. The maximum atomic E-state index is 16.0. The fraction of sp³-hybridized carbons (Fsp3) is 0.926. The molecule has 8 N–H and O–H groups in total. The lowest BCUT2D eigenvalue weighted by Gasteiger charge is -2.46. The van der Waals surface area contributed by atoms with Crippen molar-refractivity contribution < 1.29 is 110 Å². The van der Waals surface area contributed by atoms with Gasteiger partial charge in [0.2, 0.25) is 11.8 Å². The van der Waals surface area contributed by atoms with Crippen LogP contribution in [0.15, 0.2) is 0 Å². The third-order valence-electron chi connectivity index (χ3n) is 23.9. The van der Waals surface area contributed by atoms with E-state index in [1.54, 1.807) is 0 Å². The molecule has 14 atom stereocenters. The van der Waals surface area contributed by atoms with Gasteiger partial charge in [-0.3, -0.25) is 33.3 Å². The predicted molar refractivity (Wildman–Crippen MR) is 474 cm³/mol. The Morgan fingerprint density at radius 2 is 0.686 bits per heavy atom. The molecule has 2 aliphatic heterocycles. The number of ether oxygens (including phenoxy) is 7. The highest BCUT2D eigenvalue weighted by Gasteiger charge is 2.55. The molecule has 0 aromatic carbocycles. The number of phosphoric ester groups is 1. The first-order chi connectivity index (χ1) is 58.5. The van der Waals surface area contributed by atoms with Crippen LogP contribution in [0.25, 0.3) is 0 Å². The second-order valence-electron chi connectivity index (χ2n) is 35.3. The number of phosphoric acid groups is 1. The molecular weight excluding hydrogens is 1570 g/mol. The SMILES string of the molecule is CCCCCCCCCCCCCC(=O)O[C@H](CCCCCCCCCCC)CC(=O)O[C@@H]1[C@@H](NC(=O)C[C@@H](CCCCCCCCCCC)OC(=O)CCCCCCCCCCC)[C@H](OC[C@H]2O[C@H](C(=O)O)[C@H](NC(=O)C[C@H](O)CCCCCCCCCCC)[C@@H](OC(=O)C[C@H](O)CCCCCCCCCCC)[C@@H]2O)O[C@H](CF)[C@H]1OP(=O)(O)O. The average molecular weight is 1750 g/mol. The smallest absolute Gasteiger partial charge is 0.470 e. The van der Waals surface area contributed by atoms with Gasteiger partial charge in [0.25, 0.3) is 0 Å². The summed E-state index contributed by atoms with van der Waals surface area (Å²) in [5.74, 6) is -6.67. The van der Waals surface area contributed by atoms with Gasteiger partial charge < -0.3 is 74.0 Å². The van der Waals surface area contributed by atoms with E-state index >= 15 is 9.18 Å². The van der Waals surface area contributed by atoms with Gasteiger partial charge in [-0.15, -0.1) is 0 Å². The van der Waals surface area contributed by atoms with Gasteiger partial charge in [0.05, 0.1) is 44.5 Å². The first-order valence-corrected chi connectivity index (χ1v) is 50.9. The van der Waals surface area contributed by atoms with Crippen molar-refractivity contribution in [3.8, 4) is 0 Å². The molecule has 2 saturated heterocycles. The predicted octanol–water partition coefficient (Wildman–Crippen LogP) is 21.6. The summed E-state index contributed by atoms with van der Waals surface area (Å²) in [6.07, 6.45) is 34.7. The van der Waals surface area contributed by atoms with Gasteiger partial charge in [-0.1, -0.05) is 375 Å². The van der Waals surface area contributed by atoms with Crippen molar-refractivity contribution in [1.82, 2.24) is 10.6 Å². The van der Waals surface area contributed by atoms with E-state index in [0.717, 1.165) is 250 Å². The van der Waals surface area contributed by atoms with E-state index in [-0.39, 0.29) is 38.5 Å². The van der Waals surface area contributed by atoms with E-state index in [2.05, 4.69) is 52.2 Å². The van der Waals surface area contributed by atoms with Crippen LogP contribution >= 0.6 is 7.82 Å². The second kappa shape index (κ2) is 75.1. The molecule has 2 heterocycles. The van der Waals surface area contributed by atoms with E-state index in [1.807, 2.05) is 0 Å². The van der Waals surface area contributed by atoms with Crippen molar-refractivity contribution in [1.29, 1.82) is 0 Å². The Kier molecular flexibility index (Phi) is 70.2. The number of aliphatic hydroxyl groups is 3. The van der Waals surface area contributed by atoms with E-state index in [9.17, 15) is 63.5 Å². The first-order valence-electron chi connectivity index (χ1n) is 49.4. The average Bonchev–Trinajstić information content (AvgIpc) is 0.779. The Balaban J connectivity index is 2.79. The van der Waals surface area contributed by atoms with Crippen molar-refractivity contribution in [2.75, 3.05) is 13.3 Å². The molecule has 26 heteroatoms. The van der Waals surface area contributed by atoms with E-state index in [0.29, 0.717) is 38.5 Å². The number of carboxylic acids is 1. The van der Waals surface area contributed by atoms with Crippen LogP contribution in [0.4, 0.5) is 4.39 Å². The summed E-state index contributed by atoms with van der Waals surface area (Å²) in [7, 11) is -5.71. The van der Waals surface area contributed by atoms with Gasteiger partial charge in [-0.05, 0) is 51.4 Å². The van der Waals surface area contributed by atoms with Crippen LogP contribution in [0.5, 0.6) is 0 Å². The Bertz CT molecular complexity index is 2630. The van der Waals surface area contributed by atoms with Crippen LogP contribution in [-0.4, -0.2) is 171 Å². The number of hydrogen-bond donors (Lipinski definition) is 8. The Morgan fingerprint density at radius 3 is 1.05 bits per heavy atom. The normalized spacial score (nSPS) is 20.3. The number of hydrogen-bond acceptors (Lipinski definition) is 19. The lowest BCUT2D eigenvalue weighted by molar-refractivity contribution is -0.283. The van der Waals surface area contributed by atoms with Crippen molar-refractivity contribution >= 4 is 49.5 Å². The third kappa shape index (κ3) is 59.0. The zero-order chi connectivity index (χ0) is 88.8. The number of unbranched alkanes of at least 4 members (excludes halogenated alkanes) is 50. The molecule has 2 rings (SSSR count). The van der Waals surface area contributed by atoms with Crippen LogP contribution in [0.1, 0.15) is 465 Å². The van der Waals surface area contributed by atoms with Crippen LogP contribution in [0.2, 0.25) is 0 Å². The van der Waals surface area contributed by atoms with E-state index < -0.39 is 174 Å². The monoisotopic (exact) mass is 1750 g/mol.